The number of nitrogens with one attached hydrogen (secondary N) is 1. The molecular weight excluding hydrogens is 505 g/mol. The van der Waals surface area contributed by atoms with Crippen molar-refractivity contribution in [2.75, 3.05) is 4.90 Å². The van der Waals surface area contributed by atoms with Crippen molar-refractivity contribution in [1.82, 2.24) is 9.88 Å². The van der Waals surface area contributed by atoms with Gasteiger partial charge in [-0.05, 0) is 129 Å². The van der Waals surface area contributed by atoms with Gasteiger partial charge in [0.05, 0.1) is 5.69 Å². The lowest BCUT2D eigenvalue weighted by atomic mass is 9.48. The molecule has 4 saturated carbocycles. The van der Waals surface area contributed by atoms with E-state index in [0.717, 1.165) is 45.8 Å². The highest BCUT2D eigenvalue weighted by molar-refractivity contribution is 6.39. The van der Waals surface area contributed by atoms with Gasteiger partial charge in [0.2, 0.25) is 0 Å². The Bertz CT molecular complexity index is 1560. The number of nitrogens with zero attached hydrogens (tertiary/aromatic N) is 2. The molecule has 1 aromatic heterocycles. The van der Waals surface area contributed by atoms with E-state index in [1.807, 2.05) is 19.9 Å². The first-order valence-electron chi connectivity index (χ1n) is 14.2. The van der Waals surface area contributed by atoms with Crippen LogP contribution in [0.1, 0.15) is 61.0 Å². The standard InChI is InChI=1S/C33H32FN3O3/c1-19-10-24(14-29-30(38)35-32(40)37(31(29)39)28-5-3-4-26(34)15-28)20(2)36(19)27-8-6-25(7-9-27)33-16-21-11-22(17-33)13-23(12-21)18-33/h3-10,14-15,21-23H,11-13,16-18H2,1-2H3,(H,35,38,40)/b29-14+. The Labute approximate surface area is 232 Å². The number of imide groups is 2. The average molecular weight is 538 g/mol. The molecule has 8 rings (SSSR count). The number of anilines is 1. The second kappa shape index (κ2) is 9.01. The number of urea groups is 1. The Morgan fingerprint density at radius 1 is 0.875 bits per heavy atom. The fourth-order valence-electron chi connectivity index (χ4n) is 8.42. The fraction of sp³-hybridized carbons (Fsp3) is 0.364. The zero-order valence-electron chi connectivity index (χ0n) is 22.7. The molecule has 204 valence electrons. The summed E-state index contributed by atoms with van der Waals surface area (Å²) in [6.07, 6.45) is 9.75. The number of hydrogen-bond acceptors (Lipinski definition) is 3. The molecule has 1 saturated heterocycles. The Morgan fingerprint density at radius 2 is 1.52 bits per heavy atom. The summed E-state index contributed by atoms with van der Waals surface area (Å²) in [5, 5.41) is 2.21. The van der Waals surface area contributed by atoms with Crippen LogP contribution in [0.2, 0.25) is 0 Å². The molecule has 0 unspecified atom stereocenters. The summed E-state index contributed by atoms with van der Waals surface area (Å²) in [4.78, 5) is 39.3. The predicted molar refractivity (Wildman–Crippen MR) is 150 cm³/mol. The number of amides is 4. The second-order valence-electron chi connectivity index (χ2n) is 12.3. The summed E-state index contributed by atoms with van der Waals surface area (Å²) in [5.74, 6) is 0.529. The number of carbonyl (C=O) groups excluding carboxylic acids is 3. The lowest BCUT2D eigenvalue weighted by Gasteiger charge is -2.57. The van der Waals surface area contributed by atoms with E-state index in [2.05, 4.69) is 34.1 Å². The van der Waals surface area contributed by atoms with E-state index in [1.54, 1.807) is 0 Å². The predicted octanol–water partition coefficient (Wildman–Crippen LogP) is 6.37. The third-order valence-electron chi connectivity index (χ3n) is 9.71. The van der Waals surface area contributed by atoms with Crippen LogP contribution in [0, 0.1) is 37.4 Å². The van der Waals surface area contributed by atoms with Crippen LogP contribution in [0.4, 0.5) is 14.9 Å². The van der Waals surface area contributed by atoms with Crippen LogP contribution in [0.5, 0.6) is 0 Å². The second-order valence-corrected chi connectivity index (χ2v) is 12.3. The molecule has 2 heterocycles. The maximum atomic E-state index is 13.8. The van der Waals surface area contributed by atoms with Gasteiger partial charge in [0.25, 0.3) is 11.8 Å². The summed E-state index contributed by atoms with van der Waals surface area (Å²) in [6.45, 7) is 3.94. The van der Waals surface area contributed by atoms with Crippen LogP contribution in [0.25, 0.3) is 11.8 Å². The largest absolute Gasteiger partial charge is 0.335 e. The smallest absolute Gasteiger partial charge is 0.318 e. The Hall–Kier alpha value is -4.00. The quantitative estimate of drug-likeness (QED) is 0.311. The van der Waals surface area contributed by atoms with Gasteiger partial charge in [0, 0.05) is 17.1 Å². The van der Waals surface area contributed by atoms with E-state index >= 15 is 0 Å². The lowest BCUT2D eigenvalue weighted by Crippen LogP contribution is -2.54. The van der Waals surface area contributed by atoms with E-state index in [9.17, 15) is 18.8 Å². The lowest BCUT2D eigenvalue weighted by molar-refractivity contribution is -0.122. The summed E-state index contributed by atoms with van der Waals surface area (Å²) in [6, 6.07) is 15.2. The normalized spacial score (nSPS) is 28.5. The van der Waals surface area contributed by atoms with Gasteiger partial charge in [0.15, 0.2) is 0 Å². The van der Waals surface area contributed by atoms with Gasteiger partial charge in [-0.3, -0.25) is 14.9 Å². The molecule has 3 aromatic rings. The third kappa shape index (κ3) is 3.94. The van der Waals surface area contributed by atoms with Crippen LogP contribution in [-0.2, 0) is 15.0 Å². The number of benzene rings is 2. The minimum absolute atomic E-state index is 0.0606. The molecule has 5 aliphatic rings. The summed E-state index contributed by atoms with van der Waals surface area (Å²) in [7, 11) is 0. The first-order chi connectivity index (χ1) is 19.2. The number of hydrogen-bond donors (Lipinski definition) is 1. The highest BCUT2D eigenvalue weighted by Gasteiger charge is 2.51. The number of aromatic nitrogens is 1. The van der Waals surface area contributed by atoms with Gasteiger partial charge in [-0.15, -0.1) is 0 Å². The fourth-order valence-corrected chi connectivity index (χ4v) is 8.42. The molecule has 6 nitrogen and oxygen atoms in total. The highest BCUT2D eigenvalue weighted by Crippen LogP contribution is 2.60. The van der Waals surface area contributed by atoms with E-state index in [-0.39, 0.29) is 11.3 Å². The molecule has 0 atom stereocenters. The molecule has 1 aliphatic heterocycles. The Morgan fingerprint density at radius 3 is 2.15 bits per heavy atom. The minimum Gasteiger partial charge on any atom is -0.318 e. The first kappa shape index (κ1) is 25.0. The first-order valence-corrected chi connectivity index (χ1v) is 14.2. The van der Waals surface area contributed by atoms with Crippen molar-refractivity contribution in [2.24, 2.45) is 17.8 Å². The SMILES string of the molecule is Cc1cc(/C=C2\C(=O)NC(=O)N(c3cccc(F)c3)C2=O)c(C)n1-c1ccc(C23CC4CC(CC(C4)C2)C3)cc1. The van der Waals surface area contributed by atoms with E-state index < -0.39 is 23.7 Å². The monoisotopic (exact) mass is 537 g/mol. The molecule has 5 fully saturated rings. The summed E-state index contributed by atoms with van der Waals surface area (Å²) >= 11 is 0. The van der Waals surface area contributed by atoms with Gasteiger partial charge < -0.3 is 4.57 Å². The zero-order chi connectivity index (χ0) is 27.8. The van der Waals surface area contributed by atoms with Crippen LogP contribution in [0.15, 0.2) is 60.2 Å². The average Bonchev–Trinajstić information content (AvgIpc) is 3.18. The van der Waals surface area contributed by atoms with Crippen molar-refractivity contribution in [2.45, 2.75) is 57.8 Å². The number of barbiturate groups is 1. The number of rotatable bonds is 4. The van der Waals surface area contributed by atoms with Crippen LogP contribution >= 0.6 is 0 Å². The maximum absolute atomic E-state index is 13.8. The van der Waals surface area contributed by atoms with Crippen molar-refractivity contribution in [3.05, 3.63) is 88.5 Å². The molecule has 4 amide bonds. The number of aryl methyl sites for hydroxylation is 1. The molecule has 40 heavy (non-hydrogen) atoms. The Kier molecular flexibility index (Phi) is 5.63. The maximum Gasteiger partial charge on any atom is 0.335 e. The highest BCUT2D eigenvalue weighted by atomic mass is 19.1. The van der Waals surface area contributed by atoms with Crippen molar-refractivity contribution in [3.8, 4) is 5.69 Å². The van der Waals surface area contributed by atoms with Gasteiger partial charge in [-0.2, -0.15) is 0 Å². The summed E-state index contributed by atoms with van der Waals surface area (Å²) in [5.41, 5.74) is 5.26. The van der Waals surface area contributed by atoms with Crippen LogP contribution < -0.4 is 10.2 Å². The topological polar surface area (TPSA) is 71.4 Å². The minimum atomic E-state index is -0.901. The van der Waals surface area contributed by atoms with Gasteiger partial charge in [-0.1, -0.05) is 18.2 Å². The molecule has 4 aliphatic carbocycles. The zero-order valence-corrected chi connectivity index (χ0v) is 22.7. The van der Waals surface area contributed by atoms with E-state index in [1.165, 1.54) is 68.4 Å². The van der Waals surface area contributed by atoms with E-state index in [0.29, 0.717) is 11.0 Å². The van der Waals surface area contributed by atoms with Gasteiger partial charge in [0.1, 0.15) is 11.4 Å². The van der Waals surface area contributed by atoms with Gasteiger partial charge >= 0.3 is 6.03 Å². The molecule has 1 N–H and O–H groups in total. The molecule has 4 bridgehead atoms. The molecule has 7 heteroatoms. The molecule has 0 spiro atoms. The van der Waals surface area contributed by atoms with Crippen LogP contribution in [0.3, 0.4) is 0 Å². The number of carbonyl (C=O) groups is 3. The molecular formula is C33H32FN3O3. The Balaban J connectivity index is 1.19. The molecule has 0 radical (unpaired) electrons. The van der Waals surface area contributed by atoms with Crippen molar-refractivity contribution < 1.29 is 18.8 Å². The van der Waals surface area contributed by atoms with Gasteiger partial charge in [-0.25, -0.2) is 14.1 Å². The van der Waals surface area contributed by atoms with Crippen molar-refractivity contribution in [3.63, 3.8) is 0 Å². The van der Waals surface area contributed by atoms with Crippen molar-refractivity contribution >= 4 is 29.6 Å². The third-order valence-corrected chi connectivity index (χ3v) is 9.71. The summed E-state index contributed by atoms with van der Waals surface area (Å²) < 4.78 is 15.9. The van der Waals surface area contributed by atoms with Crippen LogP contribution in [-0.4, -0.2) is 22.4 Å². The number of halogens is 1. The molecule has 2 aromatic carbocycles. The van der Waals surface area contributed by atoms with Crippen molar-refractivity contribution in [1.29, 1.82) is 0 Å². The van der Waals surface area contributed by atoms with E-state index in [4.69, 9.17) is 0 Å².